The maximum Gasteiger partial charge on any atom is 0.258 e. The van der Waals surface area contributed by atoms with Gasteiger partial charge in [-0.05, 0) is 50.1 Å². The number of amides is 1. The summed E-state index contributed by atoms with van der Waals surface area (Å²) in [5.74, 6) is 0.256. The summed E-state index contributed by atoms with van der Waals surface area (Å²) in [6.07, 6.45) is 1.20. The number of benzene rings is 2. The third kappa shape index (κ3) is 3.70. The Kier molecular flexibility index (Phi) is 4.89. The third-order valence-corrected chi connectivity index (χ3v) is 5.35. The summed E-state index contributed by atoms with van der Waals surface area (Å²) >= 11 is 0. The number of carbonyl (C=O) groups is 1. The molecule has 142 valence electrons. The molecule has 2 atom stereocenters. The van der Waals surface area contributed by atoms with Crippen LogP contribution >= 0.6 is 0 Å². The lowest BCUT2D eigenvalue weighted by atomic mass is 10.1. The molecule has 0 bridgehead atoms. The van der Waals surface area contributed by atoms with E-state index in [1.54, 1.807) is 17.0 Å². The summed E-state index contributed by atoms with van der Waals surface area (Å²) in [6, 6.07) is 13.3. The minimum atomic E-state index is -0.0143. The van der Waals surface area contributed by atoms with Crippen molar-refractivity contribution in [2.24, 2.45) is 0 Å². The van der Waals surface area contributed by atoms with E-state index in [4.69, 9.17) is 4.74 Å². The van der Waals surface area contributed by atoms with Gasteiger partial charge in [0.15, 0.2) is 0 Å². The number of phenolic OH excluding ortho intramolecular Hbond substituents is 1. The summed E-state index contributed by atoms with van der Waals surface area (Å²) in [4.78, 5) is 17.1. The van der Waals surface area contributed by atoms with Crippen molar-refractivity contribution >= 4 is 11.6 Å². The minimum absolute atomic E-state index is 0.0143. The number of phenols is 1. The van der Waals surface area contributed by atoms with Crippen molar-refractivity contribution in [2.75, 3.05) is 24.5 Å². The molecule has 0 spiro atoms. The monoisotopic (exact) mass is 366 g/mol. The standard InChI is InChI=1S/C22H26N2O3/c1-15-12-23(13-16(2)27-15)14-17-6-8-18(9-7-17)22(26)24-11-10-19-20(24)4-3-5-21(19)25/h3-9,15-16,25H,10-14H2,1-2H3/t15-,16+. The molecule has 1 N–H and O–H groups in total. The second-order valence-electron chi connectivity index (χ2n) is 7.63. The zero-order chi connectivity index (χ0) is 19.0. The molecule has 1 amide bonds. The van der Waals surface area contributed by atoms with Gasteiger partial charge in [0.25, 0.3) is 5.91 Å². The summed E-state index contributed by atoms with van der Waals surface area (Å²) in [5.41, 5.74) is 3.56. The summed E-state index contributed by atoms with van der Waals surface area (Å²) in [6.45, 7) is 7.55. The first-order valence-corrected chi connectivity index (χ1v) is 9.60. The van der Waals surface area contributed by atoms with E-state index in [1.807, 2.05) is 30.3 Å². The lowest BCUT2D eigenvalue weighted by Crippen LogP contribution is -2.44. The topological polar surface area (TPSA) is 53.0 Å². The molecule has 1 fully saturated rings. The number of fused-ring (bicyclic) bond motifs is 1. The van der Waals surface area contributed by atoms with Gasteiger partial charge in [-0.25, -0.2) is 0 Å². The molecule has 27 heavy (non-hydrogen) atoms. The molecule has 0 saturated carbocycles. The number of hydrogen-bond donors (Lipinski definition) is 1. The first kappa shape index (κ1) is 18.0. The SMILES string of the molecule is C[C@@H]1CN(Cc2ccc(C(=O)N3CCc4c(O)cccc43)cc2)C[C@H](C)O1. The fourth-order valence-corrected chi connectivity index (χ4v) is 4.21. The fraction of sp³-hybridized carbons (Fsp3) is 0.409. The van der Waals surface area contributed by atoms with Crippen molar-refractivity contribution in [3.05, 3.63) is 59.2 Å². The van der Waals surface area contributed by atoms with E-state index in [0.717, 1.165) is 30.9 Å². The predicted molar refractivity (Wildman–Crippen MR) is 105 cm³/mol. The number of nitrogens with zero attached hydrogens (tertiary/aromatic N) is 2. The van der Waals surface area contributed by atoms with Crippen molar-refractivity contribution in [2.45, 2.75) is 39.0 Å². The molecular formula is C22H26N2O3. The van der Waals surface area contributed by atoms with Crippen LogP contribution in [0.2, 0.25) is 0 Å². The predicted octanol–water partition coefficient (Wildman–Crippen LogP) is 3.20. The van der Waals surface area contributed by atoms with Crippen LogP contribution in [0.4, 0.5) is 5.69 Å². The molecule has 4 rings (SSSR count). The van der Waals surface area contributed by atoms with Gasteiger partial charge in [0.05, 0.1) is 17.9 Å². The number of anilines is 1. The summed E-state index contributed by atoms with van der Waals surface area (Å²) in [7, 11) is 0. The Balaban J connectivity index is 1.45. The molecule has 2 aromatic rings. The van der Waals surface area contributed by atoms with Crippen molar-refractivity contribution in [3.8, 4) is 5.75 Å². The van der Waals surface area contributed by atoms with E-state index in [-0.39, 0.29) is 23.9 Å². The highest BCUT2D eigenvalue weighted by Gasteiger charge is 2.27. The van der Waals surface area contributed by atoms with E-state index >= 15 is 0 Å². The average molecular weight is 366 g/mol. The second kappa shape index (κ2) is 7.33. The number of rotatable bonds is 3. The van der Waals surface area contributed by atoms with Gasteiger partial charge in [0, 0.05) is 37.3 Å². The zero-order valence-electron chi connectivity index (χ0n) is 15.9. The number of morpholine rings is 1. The van der Waals surface area contributed by atoms with Gasteiger partial charge in [-0.15, -0.1) is 0 Å². The van der Waals surface area contributed by atoms with Gasteiger partial charge >= 0.3 is 0 Å². The summed E-state index contributed by atoms with van der Waals surface area (Å²) < 4.78 is 5.79. The molecule has 2 aliphatic rings. The normalized spacial score (nSPS) is 22.7. The van der Waals surface area contributed by atoms with Crippen molar-refractivity contribution in [1.82, 2.24) is 4.90 Å². The van der Waals surface area contributed by atoms with E-state index < -0.39 is 0 Å². The van der Waals surface area contributed by atoms with Crippen LogP contribution in [0, 0.1) is 0 Å². The van der Waals surface area contributed by atoms with Gasteiger partial charge in [-0.3, -0.25) is 9.69 Å². The number of carbonyl (C=O) groups excluding carboxylic acids is 1. The lowest BCUT2D eigenvalue weighted by Gasteiger charge is -2.35. The third-order valence-electron chi connectivity index (χ3n) is 5.35. The smallest absolute Gasteiger partial charge is 0.258 e. The Morgan fingerprint density at radius 1 is 1.11 bits per heavy atom. The van der Waals surface area contributed by atoms with Gasteiger partial charge in [0.2, 0.25) is 0 Å². The number of aromatic hydroxyl groups is 1. The van der Waals surface area contributed by atoms with Crippen molar-refractivity contribution < 1.29 is 14.6 Å². The fourth-order valence-electron chi connectivity index (χ4n) is 4.21. The van der Waals surface area contributed by atoms with Crippen LogP contribution in [0.25, 0.3) is 0 Å². The molecule has 2 heterocycles. The number of ether oxygens (including phenoxy) is 1. The van der Waals surface area contributed by atoms with Crippen LogP contribution in [0.15, 0.2) is 42.5 Å². The first-order chi connectivity index (χ1) is 13.0. The van der Waals surface area contributed by atoms with Crippen LogP contribution in [-0.2, 0) is 17.7 Å². The molecular weight excluding hydrogens is 340 g/mol. The molecule has 5 heteroatoms. The maximum atomic E-state index is 12.9. The molecule has 2 aromatic carbocycles. The number of hydrogen-bond acceptors (Lipinski definition) is 4. The van der Waals surface area contributed by atoms with Gasteiger partial charge in [-0.1, -0.05) is 18.2 Å². The molecule has 1 saturated heterocycles. The summed E-state index contributed by atoms with van der Waals surface area (Å²) in [5, 5.41) is 9.98. The Morgan fingerprint density at radius 3 is 2.52 bits per heavy atom. The molecule has 0 unspecified atom stereocenters. The van der Waals surface area contributed by atoms with E-state index in [9.17, 15) is 9.90 Å². The minimum Gasteiger partial charge on any atom is -0.508 e. The van der Waals surface area contributed by atoms with Crippen LogP contribution in [0.5, 0.6) is 5.75 Å². The van der Waals surface area contributed by atoms with Gasteiger partial charge in [-0.2, -0.15) is 0 Å². The lowest BCUT2D eigenvalue weighted by molar-refractivity contribution is -0.0704. The maximum absolute atomic E-state index is 12.9. The molecule has 0 aromatic heterocycles. The first-order valence-electron chi connectivity index (χ1n) is 9.60. The largest absolute Gasteiger partial charge is 0.508 e. The van der Waals surface area contributed by atoms with Crippen LogP contribution in [0.1, 0.15) is 35.3 Å². The molecule has 5 nitrogen and oxygen atoms in total. The molecule has 0 aliphatic carbocycles. The Labute approximate surface area is 160 Å². The van der Waals surface area contributed by atoms with E-state index in [1.165, 1.54) is 5.56 Å². The van der Waals surface area contributed by atoms with E-state index in [2.05, 4.69) is 18.7 Å². The average Bonchev–Trinajstić information content (AvgIpc) is 3.06. The van der Waals surface area contributed by atoms with Gasteiger partial charge < -0.3 is 14.7 Å². The zero-order valence-corrected chi connectivity index (χ0v) is 15.9. The van der Waals surface area contributed by atoms with E-state index in [0.29, 0.717) is 18.5 Å². The van der Waals surface area contributed by atoms with Crippen LogP contribution in [0.3, 0.4) is 0 Å². The highest BCUT2D eigenvalue weighted by Crippen LogP contribution is 2.35. The highest BCUT2D eigenvalue weighted by molar-refractivity contribution is 6.07. The van der Waals surface area contributed by atoms with Gasteiger partial charge in [0.1, 0.15) is 5.75 Å². The molecule has 2 aliphatic heterocycles. The quantitative estimate of drug-likeness (QED) is 0.906. The van der Waals surface area contributed by atoms with Crippen molar-refractivity contribution in [3.63, 3.8) is 0 Å². The highest BCUT2D eigenvalue weighted by atomic mass is 16.5. The second-order valence-corrected chi connectivity index (χ2v) is 7.63. The Hall–Kier alpha value is -2.37. The Bertz CT molecular complexity index is 824. The van der Waals surface area contributed by atoms with Crippen LogP contribution < -0.4 is 4.90 Å². The molecule has 0 radical (unpaired) electrons. The van der Waals surface area contributed by atoms with Crippen molar-refractivity contribution in [1.29, 1.82) is 0 Å². The van der Waals surface area contributed by atoms with Crippen LogP contribution in [-0.4, -0.2) is 47.8 Å². The Morgan fingerprint density at radius 2 is 1.81 bits per heavy atom.